The van der Waals surface area contributed by atoms with Crippen molar-refractivity contribution in [3.05, 3.63) is 40.7 Å². The summed E-state index contributed by atoms with van der Waals surface area (Å²) in [6, 6.07) is 5.92. The molecule has 3 rings (SSSR count). The van der Waals surface area contributed by atoms with E-state index in [2.05, 4.69) is 22.0 Å². The Bertz CT molecular complexity index is 799. The van der Waals surface area contributed by atoms with E-state index in [4.69, 9.17) is 16.3 Å². The maximum absolute atomic E-state index is 12.5. The van der Waals surface area contributed by atoms with Crippen LogP contribution in [0.4, 0.5) is 5.69 Å². The Morgan fingerprint density at radius 3 is 2.73 bits per heavy atom. The largest absolute Gasteiger partial charge is 0.494 e. The Morgan fingerprint density at radius 1 is 1.42 bits per heavy atom. The minimum Gasteiger partial charge on any atom is -0.494 e. The zero-order valence-corrected chi connectivity index (χ0v) is 16.4. The van der Waals surface area contributed by atoms with E-state index in [-0.39, 0.29) is 11.9 Å². The van der Waals surface area contributed by atoms with Crippen LogP contribution in [0.5, 0.6) is 5.75 Å². The molecule has 0 saturated heterocycles. The summed E-state index contributed by atoms with van der Waals surface area (Å²) in [6.07, 6.45) is 5.43. The lowest BCUT2D eigenvalue weighted by molar-refractivity contribution is 0.0824. The van der Waals surface area contributed by atoms with Crippen LogP contribution in [0.25, 0.3) is 0 Å². The van der Waals surface area contributed by atoms with E-state index < -0.39 is 0 Å². The second-order valence-electron chi connectivity index (χ2n) is 6.89. The van der Waals surface area contributed by atoms with E-state index in [1.54, 1.807) is 33.3 Å². The summed E-state index contributed by atoms with van der Waals surface area (Å²) >= 11 is 6.27. The topological polar surface area (TPSA) is 59.4 Å². The number of halogens is 1. The van der Waals surface area contributed by atoms with Gasteiger partial charge in [0.15, 0.2) is 5.75 Å². The number of ether oxygens (including phenoxy) is 1. The predicted octanol–water partition coefficient (Wildman–Crippen LogP) is 4.15. The number of amides is 1. The van der Waals surface area contributed by atoms with Crippen molar-refractivity contribution in [1.82, 2.24) is 14.7 Å². The lowest BCUT2D eigenvalue weighted by atomic mass is 9.93. The molecule has 1 heterocycles. The Morgan fingerprint density at radius 2 is 2.15 bits per heavy atom. The number of nitrogens with one attached hydrogen (secondary N) is 1. The van der Waals surface area contributed by atoms with Crippen molar-refractivity contribution in [3.63, 3.8) is 0 Å². The average Bonchev–Trinajstić information content (AvgIpc) is 3.01. The number of nitrogens with zero attached hydrogens (tertiary/aromatic N) is 3. The van der Waals surface area contributed by atoms with Crippen molar-refractivity contribution in [3.8, 4) is 5.75 Å². The van der Waals surface area contributed by atoms with Gasteiger partial charge in [0, 0.05) is 25.3 Å². The van der Waals surface area contributed by atoms with Gasteiger partial charge in [0.1, 0.15) is 0 Å². The molecule has 1 aromatic heterocycles. The zero-order chi connectivity index (χ0) is 18.8. The monoisotopic (exact) mass is 376 g/mol. The SMILES string of the molecule is COc1c(NC(C)c2ccnn2C2CCC2)cc(Cl)cc1C(=O)N(C)C. The highest BCUT2D eigenvalue weighted by Crippen LogP contribution is 2.37. The van der Waals surface area contributed by atoms with Crippen molar-refractivity contribution in [1.29, 1.82) is 0 Å². The molecule has 1 N–H and O–H groups in total. The molecule has 1 unspecified atom stereocenters. The normalized spacial score (nSPS) is 15.3. The standard InChI is InChI=1S/C19H25ClN4O2/c1-12(17-8-9-21-24(17)14-6-5-7-14)22-16-11-13(20)10-15(18(16)26-4)19(25)23(2)3/h8-12,14,22H,5-7H2,1-4H3. The van der Waals surface area contributed by atoms with Crippen LogP contribution < -0.4 is 10.1 Å². The van der Waals surface area contributed by atoms with Crippen LogP contribution in [0, 0.1) is 0 Å². The molecule has 1 fully saturated rings. The summed E-state index contributed by atoms with van der Waals surface area (Å²) in [4.78, 5) is 14.0. The van der Waals surface area contributed by atoms with Gasteiger partial charge in [0.25, 0.3) is 5.91 Å². The summed E-state index contributed by atoms with van der Waals surface area (Å²) in [5.74, 6) is 0.342. The third kappa shape index (κ3) is 3.51. The molecular weight excluding hydrogens is 352 g/mol. The van der Waals surface area contributed by atoms with Gasteiger partial charge in [-0.05, 0) is 44.4 Å². The van der Waals surface area contributed by atoms with Crippen LogP contribution in [0.2, 0.25) is 5.02 Å². The Kier molecular flexibility index (Phi) is 5.41. The number of carbonyl (C=O) groups excluding carboxylic acids is 1. The molecular formula is C19H25ClN4O2. The van der Waals surface area contributed by atoms with Gasteiger partial charge in [-0.3, -0.25) is 9.48 Å². The summed E-state index contributed by atoms with van der Waals surface area (Å²) in [5.41, 5.74) is 2.24. The molecule has 1 atom stereocenters. The number of carbonyl (C=O) groups is 1. The summed E-state index contributed by atoms with van der Waals surface area (Å²) < 4.78 is 7.64. The number of benzene rings is 1. The van der Waals surface area contributed by atoms with Gasteiger partial charge in [-0.15, -0.1) is 0 Å². The van der Waals surface area contributed by atoms with Crippen LogP contribution >= 0.6 is 11.6 Å². The first-order valence-corrected chi connectivity index (χ1v) is 9.19. The molecule has 1 amide bonds. The highest BCUT2D eigenvalue weighted by atomic mass is 35.5. The second kappa shape index (κ2) is 7.58. The van der Waals surface area contributed by atoms with E-state index in [9.17, 15) is 4.79 Å². The van der Waals surface area contributed by atoms with E-state index in [1.807, 2.05) is 12.3 Å². The highest BCUT2D eigenvalue weighted by molar-refractivity contribution is 6.31. The van der Waals surface area contributed by atoms with Crippen molar-refractivity contribution < 1.29 is 9.53 Å². The van der Waals surface area contributed by atoms with E-state index in [0.29, 0.717) is 28.1 Å². The van der Waals surface area contributed by atoms with E-state index in [0.717, 1.165) is 5.69 Å². The van der Waals surface area contributed by atoms with Crippen molar-refractivity contribution in [2.24, 2.45) is 0 Å². The van der Waals surface area contributed by atoms with Gasteiger partial charge in [-0.2, -0.15) is 5.10 Å². The smallest absolute Gasteiger partial charge is 0.257 e. The fourth-order valence-electron chi connectivity index (χ4n) is 3.23. The second-order valence-corrected chi connectivity index (χ2v) is 7.32. The van der Waals surface area contributed by atoms with E-state index in [1.165, 1.54) is 24.2 Å². The van der Waals surface area contributed by atoms with Crippen LogP contribution in [0.1, 0.15) is 54.3 Å². The molecule has 6 nitrogen and oxygen atoms in total. The number of anilines is 1. The van der Waals surface area contributed by atoms with Gasteiger partial charge in [0.2, 0.25) is 0 Å². The molecule has 1 aliphatic rings. The van der Waals surface area contributed by atoms with E-state index >= 15 is 0 Å². The molecule has 7 heteroatoms. The Hall–Kier alpha value is -2.21. The molecule has 0 spiro atoms. The molecule has 140 valence electrons. The van der Waals surface area contributed by atoms with Crippen molar-refractivity contribution in [2.45, 2.75) is 38.3 Å². The fraction of sp³-hybridized carbons (Fsp3) is 0.474. The molecule has 0 bridgehead atoms. The van der Waals surface area contributed by atoms with Gasteiger partial charge in [0.05, 0.1) is 36.1 Å². The predicted molar refractivity (Wildman–Crippen MR) is 103 cm³/mol. The molecule has 0 aliphatic heterocycles. The number of hydrogen-bond donors (Lipinski definition) is 1. The van der Waals surface area contributed by atoms with Gasteiger partial charge in [-0.25, -0.2) is 0 Å². The molecule has 26 heavy (non-hydrogen) atoms. The Balaban J connectivity index is 1.92. The van der Waals surface area contributed by atoms with Crippen molar-refractivity contribution in [2.75, 3.05) is 26.5 Å². The highest BCUT2D eigenvalue weighted by Gasteiger charge is 2.25. The van der Waals surface area contributed by atoms with Crippen molar-refractivity contribution >= 4 is 23.2 Å². The molecule has 0 radical (unpaired) electrons. The van der Waals surface area contributed by atoms with Gasteiger partial charge in [-0.1, -0.05) is 11.6 Å². The maximum Gasteiger partial charge on any atom is 0.257 e. The lowest BCUT2D eigenvalue weighted by Crippen LogP contribution is -2.24. The molecule has 1 saturated carbocycles. The minimum absolute atomic E-state index is 0.00669. The third-order valence-electron chi connectivity index (χ3n) is 4.83. The zero-order valence-electron chi connectivity index (χ0n) is 15.6. The summed E-state index contributed by atoms with van der Waals surface area (Å²) in [5, 5.41) is 8.41. The van der Waals surface area contributed by atoms with Crippen LogP contribution in [0.15, 0.2) is 24.4 Å². The lowest BCUT2D eigenvalue weighted by Gasteiger charge is -2.29. The maximum atomic E-state index is 12.5. The van der Waals surface area contributed by atoms with Gasteiger partial charge >= 0.3 is 0 Å². The molecule has 1 aromatic carbocycles. The first-order valence-electron chi connectivity index (χ1n) is 8.81. The van der Waals surface area contributed by atoms with Gasteiger partial charge < -0.3 is 15.0 Å². The number of aromatic nitrogens is 2. The molecule has 2 aromatic rings. The first kappa shape index (κ1) is 18.6. The summed E-state index contributed by atoms with van der Waals surface area (Å²) in [6.45, 7) is 2.07. The Labute approximate surface area is 159 Å². The fourth-order valence-corrected chi connectivity index (χ4v) is 3.45. The molecule has 1 aliphatic carbocycles. The first-order chi connectivity index (χ1) is 12.4. The van der Waals surface area contributed by atoms with Crippen LogP contribution in [-0.4, -0.2) is 41.8 Å². The number of methoxy groups -OCH3 is 1. The summed E-state index contributed by atoms with van der Waals surface area (Å²) in [7, 11) is 4.97. The van der Waals surface area contributed by atoms with Crippen LogP contribution in [0.3, 0.4) is 0 Å². The number of hydrogen-bond acceptors (Lipinski definition) is 4. The third-order valence-corrected chi connectivity index (χ3v) is 5.05. The minimum atomic E-state index is -0.153. The average molecular weight is 377 g/mol. The quantitative estimate of drug-likeness (QED) is 0.822. The number of rotatable bonds is 6. The van der Waals surface area contributed by atoms with Crippen LogP contribution in [-0.2, 0) is 0 Å².